The topological polar surface area (TPSA) is 82.1 Å². The lowest BCUT2D eigenvalue weighted by Gasteiger charge is -2.33. The number of ether oxygens (including phenoxy) is 3. The average molecular weight is 436 g/mol. The molecule has 1 rings (SSSR count). The molecule has 1 aromatic rings. The van der Waals surface area contributed by atoms with E-state index in [1.165, 1.54) is 0 Å². The molecule has 0 N–H and O–H groups in total. The minimum atomic E-state index is -0.980. The van der Waals surface area contributed by atoms with E-state index in [0.717, 1.165) is 10.5 Å². The maximum Gasteiger partial charge on any atom is 0.411 e. The number of esters is 2. The van der Waals surface area contributed by atoms with Crippen LogP contribution in [0.3, 0.4) is 0 Å². The van der Waals surface area contributed by atoms with Crippen LogP contribution in [0.5, 0.6) is 0 Å². The highest BCUT2D eigenvalue weighted by Crippen LogP contribution is 2.19. The van der Waals surface area contributed by atoms with Crippen molar-refractivity contribution in [3.8, 4) is 0 Å². The van der Waals surface area contributed by atoms with Crippen LogP contribution in [0.4, 0.5) is 4.79 Å². The van der Waals surface area contributed by atoms with E-state index < -0.39 is 41.8 Å². The van der Waals surface area contributed by atoms with Crippen molar-refractivity contribution in [2.45, 2.75) is 85.7 Å². The van der Waals surface area contributed by atoms with Gasteiger partial charge in [0, 0.05) is 0 Å². The number of hydrogen-bond donors (Lipinski definition) is 0. The third kappa shape index (κ3) is 10.9. The Morgan fingerprint density at radius 1 is 0.903 bits per heavy atom. The number of benzene rings is 1. The van der Waals surface area contributed by atoms with Crippen molar-refractivity contribution in [2.75, 3.05) is 6.54 Å². The molecule has 0 saturated heterocycles. The number of carbonyl (C=O) groups excluding carboxylic acids is 3. The molecule has 0 bridgehead atoms. The van der Waals surface area contributed by atoms with Gasteiger partial charge in [-0.3, -0.25) is 9.69 Å². The molecule has 7 heteroatoms. The van der Waals surface area contributed by atoms with Crippen molar-refractivity contribution in [3.63, 3.8) is 0 Å². The Balaban J connectivity index is 3.12. The Hall–Kier alpha value is -2.57. The number of hydrogen-bond acceptors (Lipinski definition) is 6. The van der Waals surface area contributed by atoms with Gasteiger partial charge in [0.25, 0.3) is 0 Å². The molecular weight excluding hydrogens is 398 g/mol. The highest BCUT2D eigenvalue weighted by molar-refractivity contribution is 5.85. The number of nitrogens with zero attached hydrogens (tertiary/aromatic N) is 1. The van der Waals surface area contributed by atoms with Gasteiger partial charge in [-0.15, -0.1) is 0 Å². The quantitative estimate of drug-likeness (QED) is 0.434. The zero-order valence-corrected chi connectivity index (χ0v) is 20.1. The first-order valence-electron chi connectivity index (χ1n) is 10.6. The highest BCUT2D eigenvalue weighted by atomic mass is 16.6. The molecule has 0 spiro atoms. The van der Waals surface area contributed by atoms with Crippen LogP contribution in [0.25, 0.3) is 0 Å². The monoisotopic (exact) mass is 435 g/mol. The fourth-order valence-electron chi connectivity index (χ4n) is 2.76. The molecule has 0 fully saturated rings. The van der Waals surface area contributed by atoms with Gasteiger partial charge < -0.3 is 14.2 Å². The van der Waals surface area contributed by atoms with Crippen LogP contribution < -0.4 is 0 Å². The first kappa shape index (κ1) is 26.5. The molecule has 1 amide bonds. The second kappa shape index (κ2) is 11.2. The standard InChI is InChI=1S/C24H37NO6/c1-17(2)14-19(21(27)29-16-18-12-10-9-11-13-18)25(22(28)31-24(6,7)8)15-20(26)30-23(3,4)5/h9-13,17,19H,14-16H2,1-8H3/t19-/m0/s1. The molecule has 1 aromatic carbocycles. The molecule has 0 radical (unpaired) electrons. The first-order valence-corrected chi connectivity index (χ1v) is 10.6. The fourth-order valence-corrected chi connectivity index (χ4v) is 2.76. The number of amides is 1. The highest BCUT2D eigenvalue weighted by Gasteiger charge is 2.37. The number of carbonyl (C=O) groups is 3. The molecule has 7 nitrogen and oxygen atoms in total. The SMILES string of the molecule is CC(C)C[C@@H](C(=O)OCc1ccccc1)N(CC(=O)OC(C)(C)C)C(=O)OC(C)(C)C. The van der Waals surface area contributed by atoms with E-state index in [4.69, 9.17) is 14.2 Å². The maximum atomic E-state index is 13.0. The Bertz CT molecular complexity index is 731. The largest absolute Gasteiger partial charge is 0.459 e. The minimum absolute atomic E-state index is 0.0675. The zero-order chi connectivity index (χ0) is 23.8. The summed E-state index contributed by atoms with van der Waals surface area (Å²) in [5, 5.41) is 0. The normalized spacial score (nSPS) is 12.8. The van der Waals surface area contributed by atoms with E-state index in [2.05, 4.69) is 0 Å². The van der Waals surface area contributed by atoms with Crippen LogP contribution in [0, 0.1) is 5.92 Å². The lowest BCUT2D eigenvalue weighted by molar-refractivity contribution is -0.159. The van der Waals surface area contributed by atoms with Gasteiger partial charge in [-0.1, -0.05) is 44.2 Å². The van der Waals surface area contributed by atoms with Crippen LogP contribution in [-0.4, -0.2) is 46.7 Å². The van der Waals surface area contributed by atoms with Gasteiger partial charge >= 0.3 is 18.0 Å². The summed E-state index contributed by atoms with van der Waals surface area (Å²) in [7, 11) is 0. The van der Waals surface area contributed by atoms with Gasteiger partial charge in [0.1, 0.15) is 30.4 Å². The summed E-state index contributed by atoms with van der Waals surface area (Å²) in [6.45, 7) is 13.9. The van der Waals surface area contributed by atoms with Crippen LogP contribution in [0.2, 0.25) is 0 Å². The van der Waals surface area contributed by atoms with Crippen molar-refractivity contribution in [1.82, 2.24) is 4.90 Å². The second-order valence-electron chi connectivity index (χ2n) is 9.93. The second-order valence-corrected chi connectivity index (χ2v) is 9.93. The average Bonchev–Trinajstić information content (AvgIpc) is 2.60. The smallest absolute Gasteiger partial charge is 0.411 e. The predicted octanol–water partition coefficient (Wildman–Crippen LogP) is 4.72. The van der Waals surface area contributed by atoms with Crippen molar-refractivity contribution < 1.29 is 28.6 Å². The molecule has 1 atom stereocenters. The van der Waals surface area contributed by atoms with E-state index in [-0.39, 0.29) is 12.5 Å². The molecule has 31 heavy (non-hydrogen) atoms. The molecule has 0 aliphatic carbocycles. The third-order valence-electron chi connectivity index (χ3n) is 3.91. The lowest BCUT2D eigenvalue weighted by Crippen LogP contribution is -2.51. The van der Waals surface area contributed by atoms with Gasteiger partial charge in [0.2, 0.25) is 0 Å². The van der Waals surface area contributed by atoms with Crippen LogP contribution >= 0.6 is 0 Å². The van der Waals surface area contributed by atoms with Crippen molar-refractivity contribution in [1.29, 1.82) is 0 Å². The molecule has 0 unspecified atom stereocenters. The molecule has 0 aliphatic rings. The van der Waals surface area contributed by atoms with Crippen LogP contribution in [-0.2, 0) is 30.4 Å². The molecule has 0 aliphatic heterocycles. The summed E-state index contributed by atoms with van der Waals surface area (Å²) in [5.41, 5.74) is -0.687. The summed E-state index contributed by atoms with van der Waals surface area (Å²) in [5.74, 6) is -1.15. The third-order valence-corrected chi connectivity index (χ3v) is 3.91. The number of rotatable bonds is 8. The van der Waals surface area contributed by atoms with E-state index >= 15 is 0 Å². The van der Waals surface area contributed by atoms with Crippen molar-refractivity contribution in [3.05, 3.63) is 35.9 Å². The minimum Gasteiger partial charge on any atom is -0.459 e. The van der Waals surface area contributed by atoms with Gasteiger partial charge in [0.15, 0.2) is 0 Å². The Labute approximate surface area is 186 Å². The molecule has 0 heterocycles. The van der Waals surface area contributed by atoms with E-state index in [9.17, 15) is 14.4 Å². The fraction of sp³-hybridized carbons (Fsp3) is 0.625. The Kier molecular flexibility index (Phi) is 9.53. The van der Waals surface area contributed by atoms with Gasteiger partial charge in [-0.2, -0.15) is 0 Å². The van der Waals surface area contributed by atoms with E-state index in [1.807, 2.05) is 44.2 Å². The Morgan fingerprint density at radius 3 is 1.94 bits per heavy atom. The summed E-state index contributed by atoms with van der Waals surface area (Å²) in [6, 6.07) is 8.28. The van der Waals surface area contributed by atoms with E-state index in [0.29, 0.717) is 6.42 Å². The zero-order valence-electron chi connectivity index (χ0n) is 20.1. The molecule has 0 aromatic heterocycles. The Morgan fingerprint density at radius 2 is 1.45 bits per heavy atom. The maximum absolute atomic E-state index is 13.0. The summed E-state index contributed by atoms with van der Waals surface area (Å²) >= 11 is 0. The van der Waals surface area contributed by atoms with E-state index in [1.54, 1.807) is 41.5 Å². The van der Waals surface area contributed by atoms with Crippen molar-refractivity contribution in [2.24, 2.45) is 5.92 Å². The molecule has 174 valence electrons. The van der Waals surface area contributed by atoms with Gasteiger partial charge in [-0.05, 0) is 59.4 Å². The molecular formula is C24H37NO6. The first-order chi connectivity index (χ1) is 14.2. The van der Waals surface area contributed by atoms with Crippen molar-refractivity contribution >= 4 is 18.0 Å². The summed E-state index contributed by atoms with van der Waals surface area (Å²) < 4.78 is 16.3. The summed E-state index contributed by atoms with van der Waals surface area (Å²) in [4.78, 5) is 39.6. The molecule has 0 saturated carbocycles. The van der Waals surface area contributed by atoms with Crippen LogP contribution in [0.1, 0.15) is 67.4 Å². The van der Waals surface area contributed by atoms with Crippen LogP contribution in [0.15, 0.2) is 30.3 Å². The van der Waals surface area contributed by atoms with Gasteiger partial charge in [-0.25, -0.2) is 9.59 Å². The lowest BCUT2D eigenvalue weighted by atomic mass is 10.0. The predicted molar refractivity (Wildman–Crippen MR) is 118 cm³/mol. The summed E-state index contributed by atoms with van der Waals surface area (Å²) in [6.07, 6.45) is -0.448. The van der Waals surface area contributed by atoms with Gasteiger partial charge in [0.05, 0.1) is 0 Å².